The van der Waals surface area contributed by atoms with Crippen molar-refractivity contribution in [2.45, 2.75) is 26.3 Å². The lowest BCUT2D eigenvalue weighted by atomic mass is 10.1. The maximum Gasteiger partial charge on any atom is 0.326 e. The van der Waals surface area contributed by atoms with Gasteiger partial charge in [0.1, 0.15) is 6.04 Å². The van der Waals surface area contributed by atoms with Crippen molar-refractivity contribution in [2.24, 2.45) is 0 Å². The standard InChI is InChI=1S/C12H17NO2/c1-4-11(12(14)15)13(3)10-7-5-6-9(2)8-10/h5-8,11H,4H2,1-3H3,(H,14,15)/t11-/m0/s1. The molecule has 0 aliphatic carbocycles. The van der Waals surface area contributed by atoms with Gasteiger partial charge in [-0.25, -0.2) is 4.79 Å². The van der Waals surface area contributed by atoms with Crippen LogP contribution in [0.3, 0.4) is 0 Å². The van der Waals surface area contributed by atoms with Crippen molar-refractivity contribution < 1.29 is 9.90 Å². The van der Waals surface area contributed by atoms with Crippen LogP contribution in [0.2, 0.25) is 0 Å². The number of likely N-dealkylation sites (N-methyl/N-ethyl adjacent to an activating group) is 1. The van der Waals surface area contributed by atoms with Crippen LogP contribution in [0.4, 0.5) is 5.69 Å². The minimum Gasteiger partial charge on any atom is -0.480 e. The van der Waals surface area contributed by atoms with E-state index in [2.05, 4.69) is 0 Å². The van der Waals surface area contributed by atoms with Crippen molar-refractivity contribution in [2.75, 3.05) is 11.9 Å². The maximum absolute atomic E-state index is 11.0. The zero-order chi connectivity index (χ0) is 11.4. The molecule has 0 aliphatic rings. The maximum atomic E-state index is 11.0. The Morgan fingerprint density at radius 3 is 2.67 bits per heavy atom. The fraction of sp³-hybridized carbons (Fsp3) is 0.417. The van der Waals surface area contributed by atoms with Gasteiger partial charge in [-0.15, -0.1) is 0 Å². The molecule has 0 aromatic heterocycles. The molecule has 0 saturated heterocycles. The van der Waals surface area contributed by atoms with E-state index in [0.29, 0.717) is 6.42 Å². The molecule has 15 heavy (non-hydrogen) atoms. The predicted molar refractivity (Wildman–Crippen MR) is 61.3 cm³/mol. The quantitative estimate of drug-likeness (QED) is 0.823. The third-order valence-corrected chi connectivity index (χ3v) is 2.55. The van der Waals surface area contributed by atoms with E-state index in [1.807, 2.05) is 45.2 Å². The molecule has 0 amide bonds. The molecule has 0 saturated carbocycles. The topological polar surface area (TPSA) is 40.5 Å². The molecule has 0 radical (unpaired) electrons. The van der Waals surface area contributed by atoms with Crippen LogP contribution >= 0.6 is 0 Å². The number of rotatable bonds is 4. The van der Waals surface area contributed by atoms with Crippen molar-refractivity contribution in [3.8, 4) is 0 Å². The summed E-state index contributed by atoms with van der Waals surface area (Å²) in [5.74, 6) is -0.776. The summed E-state index contributed by atoms with van der Waals surface area (Å²) in [6, 6.07) is 7.41. The Bertz CT molecular complexity index is 349. The Kier molecular flexibility index (Phi) is 3.72. The first-order chi connectivity index (χ1) is 7.06. The molecule has 82 valence electrons. The molecule has 1 aromatic carbocycles. The summed E-state index contributed by atoms with van der Waals surface area (Å²) >= 11 is 0. The minimum atomic E-state index is -0.776. The number of benzene rings is 1. The molecule has 1 atom stereocenters. The van der Waals surface area contributed by atoms with Crippen LogP contribution in [-0.4, -0.2) is 24.2 Å². The first-order valence-corrected chi connectivity index (χ1v) is 5.08. The minimum absolute atomic E-state index is 0.452. The number of hydrogen-bond acceptors (Lipinski definition) is 2. The summed E-state index contributed by atoms with van der Waals surface area (Å²) < 4.78 is 0. The van der Waals surface area contributed by atoms with Crippen LogP contribution in [0.1, 0.15) is 18.9 Å². The molecule has 0 fully saturated rings. The first-order valence-electron chi connectivity index (χ1n) is 5.08. The smallest absolute Gasteiger partial charge is 0.326 e. The molecule has 3 heteroatoms. The Morgan fingerprint density at radius 2 is 2.20 bits per heavy atom. The van der Waals surface area contributed by atoms with Gasteiger partial charge in [-0.2, -0.15) is 0 Å². The van der Waals surface area contributed by atoms with Crippen molar-refractivity contribution in [3.63, 3.8) is 0 Å². The second kappa shape index (κ2) is 4.82. The van der Waals surface area contributed by atoms with Crippen LogP contribution < -0.4 is 4.90 Å². The van der Waals surface area contributed by atoms with Gasteiger partial charge in [0, 0.05) is 12.7 Å². The lowest BCUT2D eigenvalue weighted by Crippen LogP contribution is -2.37. The molecule has 1 aromatic rings. The number of carboxylic acids is 1. The summed E-state index contributed by atoms with van der Waals surface area (Å²) in [5.41, 5.74) is 2.09. The highest BCUT2D eigenvalue weighted by Crippen LogP contribution is 2.18. The van der Waals surface area contributed by atoms with E-state index in [1.165, 1.54) is 0 Å². The second-order valence-corrected chi connectivity index (χ2v) is 3.71. The van der Waals surface area contributed by atoms with Crippen molar-refractivity contribution in [3.05, 3.63) is 29.8 Å². The first kappa shape index (κ1) is 11.6. The third-order valence-electron chi connectivity index (χ3n) is 2.55. The highest BCUT2D eigenvalue weighted by molar-refractivity contribution is 5.78. The summed E-state index contributed by atoms with van der Waals surface area (Å²) in [5, 5.41) is 9.03. The molecule has 0 heterocycles. The monoisotopic (exact) mass is 207 g/mol. The lowest BCUT2D eigenvalue weighted by molar-refractivity contribution is -0.138. The van der Waals surface area contributed by atoms with Crippen molar-refractivity contribution >= 4 is 11.7 Å². The van der Waals surface area contributed by atoms with E-state index in [9.17, 15) is 4.79 Å². The van der Waals surface area contributed by atoms with Crippen LogP contribution in [0.15, 0.2) is 24.3 Å². The summed E-state index contributed by atoms with van der Waals surface area (Å²) in [6.45, 7) is 3.88. The van der Waals surface area contributed by atoms with Crippen LogP contribution in [0.25, 0.3) is 0 Å². The molecule has 1 N–H and O–H groups in total. The van der Waals surface area contributed by atoms with Crippen molar-refractivity contribution in [1.29, 1.82) is 0 Å². The Hall–Kier alpha value is -1.51. The van der Waals surface area contributed by atoms with E-state index in [-0.39, 0.29) is 0 Å². The zero-order valence-electron chi connectivity index (χ0n) is 9.40. The molecule has 0 spiro atoms. The van der Waals surface area contributed by atoms with Gasteiger partial charge in [-0.3, -0.25) is 0 Å². The highest BCUT2D eigenvalue weighted by Gasteiger charge is 2.20. The van der Waals surface area contributed by atoms with Crippen LogP contribution in [0, 0.1) is 6.92 Å². The van der Waals surface area contributed by atoms with Gasteiger partial charge < -0.3 is 10.0 Å². The average molecular weight is 207 g/mol. The van der Waals surface area contributed by atoms with Gasteiger partial charge in [0.25, 0.3) is 0 Å². The number of nitrogens with zero attached hydrogens (tertiary/aromatic N) is 1. The number of carbonyl (C=O) groups is 1. The Balaban J connectivity index is 2.92. The second-order valence-electron chi connectivity index (χ2n) is 3.71. The van der Waals surface area contributed by atoms with E-state index in [0.717, 1.165) is 11.3 Å². The van der Waals surface area contributed by atoms with Gasteiger partial charge in [0.15, 0.2) is 0 Å². The Morgan fingerprint density at radius 1 is 1.53 bits per heavy atom. The van der Waals surface area contributed by atoms with Crippen LogP contribution in [0.5, 0.6) is 0 Å². The molecule has 0 aliphatic heterocycles. The molecular weight excluding hydrogens is 190 g/mol. The summed E-state index contributed by atoms with van der Waals surface area (Å²) in [4.78, 5) is 12.8. The largest absolute Gasteiger partial charge is 0.480 e. The fourth-order valence-corrected chi connectivity index (χ4v) is 1.64. The van der Waals surface area contributed by atoms with Gasteiger partial charge in [0.2, 0.25) is 0 Å². The van der Waals surface area contributed by atoms with Gasteiger partial charge in [-0.1, -0.05) is 19.1 Å². The fourth-order valence-electron chi connectivity index (χ4n) is 1.64. The van der Waals surface area contributed by atoms with E-state index >= 15 is 0 Å². The summed E-state index contributed by atoms with van der Waals surface area (Å²) in [7, 11) is 1.82. The summed E-state index contributed by atoms with van der Waals surface area (Å²) in [6.07, 6.45) is 0.597. The van der Waals surface area contributed by atoms with E-state index in [1.54, 1.807) is 4.90 Å². The SMILES string of the molecule is CC[C@@H](C(=O)O)N(C)c1cccc(C)c1. The molecular formula is C12H17NO2. The third kappa shape index (κ3) is 2.72. The van der Waals surface area contributed by atoms with E-state index in [4.69, 9.17) is 5.11 Å². The van der Waals surface area contributed by atoms with Crippen molar-refractivity contribution in [1.82, 2.24) is 0 Å². The van der Waals surface area contributed by atoms with E-state index < -0.39 is 12.0 Å². The number of carboxylic acid groups (broad SMARTS) is 1. The predicted octanol–water partition coefficient (Wildman–Crippen LogP) is 2.29. The van der Waals surface area contributed by atoms with Gasteiger partial charge >= 0.3 is 5.97 Å². The molecule has 0 unspecified atom stereocenters. The average Bonchev–Trinajstić information content (AvgIpc) is 2.18. The number of anilines is 1. The number of hydrogen-bond donors (Lipinski definition) is 1. The number of aliphatic carboxylic acids is 1. The zero-order valence-corrected chi connectivity index (χ0v) is 9.40. The normalized spacial score (nSPS) is 12.2. The molecule has 0 bridgehead atoms. The van der Waals surface area contributed by atoms with Gasteiger partial charge in [0.05, 0.1) is 0 Å². The molecule has 1 rings (SSSR count). The lowest BCUT2D eigenvalue weighted by Gasteiger charge is -2.26. The van der Waals surface area contributed by atoms with Crippen LogP contribution in [-0.2, 0) is 4.79 Å². The number of aryl methyl sites for hydroxylation is 1. The highest BCUT2D eigenvalue weighted by atomic mass is 16.4. The van der Waals surface area contributed by atoms with Gasteiger partial charge in [-0.05, 0) is 31.0 Å². The molecule has 3 nitrogen and oxygen atoms in total. The Labute approximate surface area is 90.3 Å².